The highest BCUT2D eigenvalue weighted by Crippen LogP contribution is 2.31. The quantitative estimate of drug-likeness (QED) is 0.491. The number of anilines is 1. The van der Waals surface area contributed by atoms with Gasteiger partial charge in [-0.1, -0.05) is 61.6 Å². The molecule has 2 aromatic carbocycles. The van der Waals surface area contributed by atoms with Gasteiger partial charge in [0.05, 0.1) is 28.5 Å². The van der Waals surface area contributed by atoms with E-state index in [0.29, 0.717) is 26.5 Å². The predicted octanol–water partition coefficient (Wildman–Crippen LogP) is 3.99. The van der Waals surface area contributed by atoms with Crippen molar-refractivity contribution >= 4 is 29.1 Å². The number of hydrogen-bond donors (Lipinski definition) is 0. The van der Waals surface area contributed by atoms with Crippen molar-refractivity contribution in [1.29, 1.82) is 0 Å². The lowest BCUT2D eigenvalue weighted by molar-refractivity contribution is -0.139. The molecule has 1 atom stereocenters. The Kier molecular flexibility index (Phi) is 7.08. The third kappa shape index (κ3) is 4.86. The number of esters is 1. The van der Waals surface area contributed by atoms with Crippen molar-refractivity contribution in [1.82, 2.24) is 4.57 Å². The number of thiazole rings is 1. The third-order valence-corrected chi connectivity index (χ3v) is 7.13. The molecule has 0 amide bonds. The summed E-state index contributed by atoms with van der Waals surface area (Å²) in [5.41, 5.74) is 4.87. The largest absolute Gasteiger partial charge is 0.463 e. The molecule has 2 heterocycles. The molecule has 0 saturated carbocycles. The molecule has 182 valence electrons. The number of allylic oxidation sites excluding steroid dienone is 1. The molecule has 0 radical (unpaired) electrons. The van der Waals surface area contributed by atoms with E-state index in [2.05, 4.69) is 31.0 Å². The Bertz CT molecular complexity index is 1440. The van der Waals surface area contributed by atoms with Crippen LogP contribution in [0.3, 0.4) is 0 Å². The maximum atomic E-state index is 13.7. The molecule has 7 heteroatoms. The van der Waals surface area contributed by atoms with Gasteiger partial charge in [-0.05, 0) is 54.7 Å². The van der Waals surface area contributed by atoms with E-state index in [9.17, 15) is 9.59 Å². The molecule has 1 unspecified atom stereocenters. The van der Waals surface area contributed by atoms with Crippen LogP contribution in [-0.4, -0.2) is 31.2 Å². The van der Waals surface area contributed by atoms with Gasteiger partial charge in [0.1, 0.15) is 0 Å². The minimum atomic E-state index is -0.593. The van der Waals surface area contributed by atoms with E-state index in [1.165, 1.54) is 16.9 Å². The summed E-state index contributed by atoms with van der Waals surface area (Å²) in [4.78, 5) is 33.9. The molecule has 35 heavy (non-hydrogen) atoms. The average molecular weight is 490 g/mol. The molecular formula is C28H31N3O3S. The number of nitrogens with zero attached hydrogens (tertiary/aromatic N) is 3. The first-order chi connectivity index (χ1) is 16.7. The number of carbonyl (C=O) groups is 1. The number of fused-ring (bicyclic) bond motifs is 1. The zero-order valence-corrected chi connectivity index (χ0v) is 21.8. The summed E-state index contributed by atoms with van der Waals surface area (Å²) in [6.45, 7) is 8.10. The summed E-state index contributed by atoms with van der Waals surface area (Å²) in [6, 6.07) is 15.5. The Labute approximate surface area is 209 Å². The fourth-order valence-corrected chi connectivity index (χ4v) is 5.24. The van der Waals surface area contributed by atoms with E-state index >= 15 is 0 Å². The monoisotopic (exact) mass is 489 g/mol. The van der Waals surface area contributed by atoms with E-state index in [4.69, 9.17) is 4.74 Å². The molecule has 0 N–H and O–H groups in total. The van der Waals surface area contributed by atoms with Crippen molar-refractivity contribution in [3.8, 4) is 0 Å². The third-order valence-electron chi connectivity index (χ3n) is 6.14. The Morgan fingerprint density at radius 1 is 1.14 bits per heavy atom. The molecule has 0 spiro atoms. The van der Waals surface area contributed by atoms with Crippen LogP contribution in [0.1, 0.15) is 56.3 Å². The van der Waals surface area contributed by atoms with E-state index in [0.717, 1.165) is 16.8 Å². The SMILES string of the molecule is CCOC(=O)C1=C(C)N=c2sc(=Cc3ccc(N(C)C)cc3)c(=O)n2C1c1ccc(C(C)C)cc1. The van der Waals surface area contributed by atoms with Crippen LogP contribution in [0.15, 0.2) is 69.6 Å². The van der Waals surface area contributed by atoms with Gasteiger partial charge in [0, 0.05) is 19.8 Å². The minimum Gasteiger partial charge on any atom is -0.463 e. The van der Waals surface area contributed by atoms with Crippen molar-refractivity contribution in [2.45, 2.75) is 39.7 Å². The van der Waals surface area contributed by atoms with Crippen LogP contribution >= 0.6 is 11.3 Å². The number of benzene rings is 2. The lowest BCUT2D eigenvalue weighted by atomic mass is 9.93. The van der Waals surface area contributed by atoms with Crippen molar-refractivity contribution in [3.63, 3.8) is 0 Å². The van der Waals surface area contributed by atoms with E-state index in [1.807, 2.05) is 61.5 Å². The van der Waals surface area contributed by atoms with Gasteiger partial charge < -0.3 is 9.64 Å². The second kappa shape index (κ2) is 10.0. The normalized spacial score (nSPS) is 15.7. The Morgan fingerprint density at radius 2 is 1.80 bits per heavy atom. The first kappa shape index (κ1) is 24.7. The first-order valence-electron chi connectivity index (χ1n) is 11.8. The molecule has 0 saturated heterocycles. The maximum absolute atomic E-state index is 13.7. The van der Waals surface area contributed by atoms with Crippen LogP contribution in [0.4, 0.5) is 5.69 Å². The standard InChI is InChI=1S/C28H31N3O3S/c1-7-34-27(33)24-18(4)29-28-31(25(24)21-12-10-20(11-13-21)17(2)3)26(32)23(35-28)16-19-8-14-22(15-9-19)30(5)6/h8-17,25H,7H2,1-6H3. The van der Waals surface area contributed by atoms with Crippen molar-refractivity contribution in [2.75, 3.05) is 25.6 Å². The molecule has 3 aromatic rings. The fourth-order valence-electron chi connectivity index (χ4n) is 4.19. The summed E-state index contributed by atoms with van der Waals surface area (Å²) < 4.78 is 7.58. The highest BCUT2D eigenvalue weighted by atomic mass is 32.1. The minimum absolute atomic E-state index is 0.169. The average Bonchev–Trinajstić information content (AvgIpc) is 3.13. The molecule has 0 bridgehead atoms. The molecule has 0 fully saturated rings. The second-order valence-electron chi connectivity index (χ2n) is 9.11. The molecule has 0 aliphatic carbocycles. The van der Waals surface area contributed by atoms with Gasteiger partial charge in [-0.25, -0.2) is 9.79 Å². The van der Waals surface area contributed by atoms with Crippen LogP contribution < -0.4 is 19.8 Å². The van der Waals surface area contributed by atoms with Gasteiger partial charge in [-0.15, -0.1) is 0 Å². The number of rotatable bonds is 6. The molecule has 4 rings (SSSR count). The van der Waals surface area contributed by atoms with E-state index in [1.54, 1.807) is 18.4 Å². The first-order valence-corrected chi connectivity index (χ1v) is 12.6. The highest BCUT2D eigenvalue weighted by molar-refractivity contribution is 7.07. The summed E-state index contributed by atoms with van der Waals surface area (Å²) in [6.07, 6.45) is 1.88. The summed E-state index contributed by atoms with van der Waals surface area (Å²) in [7, 11) is 3.98. The Hall–Kier alpha value is -3.45. The van der Waals surface area contributed by atoms with Crippen LogP contribution in [0.5, 0.6) is 0 Å². The van der Waals surface area contributed by atoms with Crippen LogP contribution in [0, 0.1) is 0 Å². The van der Waals surface area contributed by atoms with Crippen molar-refractivity contribution < 1.29 is 9.53 Å². The van der Waals surface area contributed by atoms with E-state index in [-0.39, 0.29) is 12.2 Å². The Morgan fingerprint density at radius 3 is 2.37 bits per heavy atom. The lowest BCUT2D eigenvalue weighted by Crippen LogP contribution is -2.39. The van der Waals surface area contributed by atoms with Gasteiger partial charge in [0.2, 0.25) is 0 Å². The highest BCUT2D eigenvalue weighted by Gasteiger charge is 2.33. The van der Waals surface area contributed by atoms with Crippen LogP contribution in [0.2, 0.25) is 0 Å². The smallest absolute Gasteiger partial charge is 0.338 e. The molecule has 1 aliphatic rings. The molecule has 1 aromatic heterocycles. The van der Waals surface area contributed by atoms with Crippen LogP contribution in [0.25, 0.3) is 6.08 Å². The lowest BCUT2D eigenvalue weighted by Gasteiger charge is -2.25. The number of carbonyl (C=O) groups excluding carboxylic acids is 1. The topological polar surface area (TPSA) is 63.9 Å². The fraction of sp³-hybridized carbons (Fsp3) is 0.321. The van der Waals surface area contributed by atoms with E-state index < -0.39 is 12.0 Å². The van der Waals surface area contributed by atoms with Gasteiger partial charge in [-0.3, -0.25) is 9.36 Å². The summed E-state index contributed by atoms with van der Waals surface area (Å²) in [5.74, 6) is -0.0630. The zero-order chi connectivity index (χ0) is 25.3. The maximum Gasteiger partial charge on any atom is 0.338 e. The van der Waals surface area contributed by atoms with Gasteiger partial charge >= 0.3 is 5.97 Å². The Balaban J connectivity index is 1.88. The van der Waals surface area contributed by atoms with Crippen molar-refractivity contribution in [2.24, 2.45) is 4.99 Å². The number of aromatic nitrogens is 1. The summed E-state index contributed by atoms with van der Waals surface area (Å²) >= 11 is 1.34. The number of ether oxygens (including phenoxy) is 1. The predicted molar refractivity (Wildman–Crippen MR) is 142 cm³/mol. The van der Waals surface area contributed by atoms with Crippen molar-refractivity contribution in [3.05, 3.63) is 96.2 Å². The molecule has 6 nitrogen and oxygen atoms in total. The summed E-state index contributed by atoms with van der Waals surface area (Å²) in [5, 5.41) is 0. The zero-order valence-electron chi connectivity index (χ0n) is 21.0. The van der Waals surface area contributed by atoms with Gasteiger partial charge in [-0.2, -0.15) is 0 Å². The second-order valence-corrected chi connectivity index (χ2v) is 10.1. The van der Waals surface area contributed by atoms with Crippen LogP contribution in [-0.2, 0) is 9.53 Å². The number of hydrogen-bond acceptors (Lipinski definition) is 6. The van der Waals surface area contributed by atoms with Gasteiger partial charge in [0.25, 0.3) is 5.56 Å². The van der Waals surface area contributed by atoms with Gasteiger partial charge in [0.15, 0.2) is 4.80 Å². The molecular weight excluding hydrogens is 458 g/mol. The molecule has 1 aliphatic heterocycles.